The molecule has 0 saturated heterocycles. The Balaban J connectivity index is 1.81. The summed E-state index contributed by atoms with van der Waals surface area (Å²) in [5.41, 5.74) is 0.931. The minimum atomic E-state index is -0.283. The number of benzene rings is 1. The SMILES string of the molecule is OC1CCCCC1Nc1ncc2ccccc2n1. The molecule has 94 valence electrons. The largest absolute Gasteiger partial charge is 0.391 e. The van der Waals surface area contributed by atoms with Gasteiger partial charge in [0.05, 0.1) is 17.7 Å². The van der Waals surface area contributed by atoms with Gasteiger partial charge in [0.2, 0.25) is 5.95 Å². The summed E-state index contributed by atoms with van der Waals surface area (Å²) in [6, 6.07) is 7.99. The van der Waals surface area contributed by atoms with Crippen LogP contribution in [-0.4, -0.2) is 27.2 Å². The second-order valence-electron chi connectivity index (χ2n) is 4.86. The summed E-state index contributed by atoms with van der Waals surface area (Å²) in [5, 5.41) is 14.2. The first-order chi connectivity index (χ1) is 8.83. The molecule has 2 N–H and O–H groups in total. The predicted molar refractivity (Wildman–Crippen MR) is 71.4 cm³/mol. The molecule has 1 fully saturated rings. The molecule has 1 aromatic heterocycles. The lowest BCUT2D eigenvalue weighted by atomic mass is 9.93. The van der Waals surface area contributed by atoms with Crippen molar-refractivity contribution in [1.29, 1.82) is 0 Å². The van der Waals surface area contributed by atoms with Gasteiger partial charge in [-0.25, -0.2) is 9.97 Å². The van der Waals surface area contributed by atoms with E-state index >= 15 is 0 Å². The van der Waals surface area contributed by atoms with Gasteiger partial charge in [-0.05, 0) is 18.9 Å². The van der Waals surface area contributed by atoms with Crippen molar-refractivity contribution in [2.45, 2.75) is 37.8 Å². The van der Waals surface area contributed by atoms with Crippen LogP contribution in [0.5, 0.6) is 0 Å². The van der Waals surface area contributed by atoms with Crippen molar-refractivity contribution in [3.63, 3.8) is 0 Å². The predicted octanol–water partition coefficient (Wildman–Crippen LogP) is 2.35. The molecular weight excluding hydrogens is 226 g/mol. The average molecular weight is 243 g/mol. The van der Waals surface area contributed by atoms with E-state index in [1.165, 1.54) is 0 Å². The Kier molecular flexibility index (Phi) is 3.11. The van der Waals surface area contributed by atoms with Gasteiger partial charge in [0.1, 0.15) is 0 Å². The van der Waals surface area contributed by atoms with Crippen LogP contribution in [-0.2, 0) is 0 Å². The molecule has 0 radical (unpaired) electrons. The summed E-state index contributed by atoms with van der Waals surface area (Å²) in [7, 11) is 0. The van der Waals surface area contributed by atoms with E-state index < -0.39 is 0 Å². The van der Waals surface area contributed by atoms with E-state index in [-0.39, 0.29) is 12.1 Å². The Morgan fingerprint density at radius 3 is 2.89 bits per heavy atom. The molecule has 2 atom stereocenters. The van der Waals surface area contributed by atoms with Crippen LogP contribution >= 0.6 is 0 Å². The molecule has 4 heteroatoms. The molecule has 0 aliphatic heterocycles. The van der Waals surface area contributed by atoms with Crippen LogP contribution in [0.25, 0.3) is 10.9 Å². The number of aromatic nitrogens is 2. The van der Waals surface area contributed by atoms with Gasteiger partial charge in [0.25, 0.3) is 0 Å². The van der Waals surface area contributed by atoms with E-state index in [0.29, 0.717) is 5.95 Å². The van der Waals surface area contributed by atoms with Crippen LogP contribution in [0, 0.1) is 0 Å². The Labute approximate surface area is 106 Å². The van der Waals surface area contributed by atoms with E-state index in [2.05, 4.69) is 15.3 Å². The summed E-state index contributed by atoms with van der Waals surface area (Å²) in [6.45, 7) is 0. The van der Waals surface area contributed by atoms with Crippen molar-refractivity contribution >= 4 is 16.9 Å². The van der Waals surface area contributed by atoms with E-state index in [9.17, 15) is 5.11 Å². The molecule has 0 bridgehead atoms. The van der Waals surface area contributed by atoms with Crippen molar-refractivity contribution in [1.82, 2.24) is 9.97 Å². The van der Waals surface area contributed by atoms with E-state index in [4.69, 9.17) is 0 Å². The molecule has 1 aliphatic carbocycles. The molecule has 1 saturated carbocycles. The van der Waals surface area contributed by atoms with E-state index in [1.54, 1.807) is 0 Å². The number of fused-ring (bicyclic) bond motifs is 1. The second-order valence-corrected chi connectivity index (χ2v) is 4.86. The number of anilines is 1. The first-order valence-electron chi connectivity index (χ1n) is 6.49. The van der Waals surface area contributed by atoms with Gasteiger partial charge in [0.15, 0.2) is 0 Å². The number of para-hydroxylation sites is 1. The van der Waals surface area contributed by atoms with Gasteiger partial charge in [-0.2, -0.15) is 0 Å². The van der Waals surface area contributed by atoms with Crippen molar-refractivity contribution in [2.75, 3.05) is 5.32 Å². The van der Waals surface area contributed by atoms with Gasteiger partial charge >= 0.3 is 0 Å². The number of nitrogens with zero attached hydrogens (tertiary/aromatic N) is 2. The highest BCUT2D eigenvalue weighted by Gasteiger charge is 2.23. The number of rotatable bonds is 2. The zero-order chi connectivity index (χ0) is 12.4. The third-order valence-electron chi connectivity index (χ3n) is 3.53. The van der Waals surface area contributed by atoms with Crippen LogP contribution in [0.15, 0.2) is 30.5 Å². The third-order valence-corrected chi connectivity index (χ3v) is 3.53. The normalized spacial score (nSPS) is 24.1. The standard InChI is InChI=1S/C14H17N3O/c18-13-8-4-3-7-12(13)17-14-15-9-10-5-1-2-6-11(10)16-14/h1-2,5-6,9,12-13,18H,3-4,7-8H2,(H,15,16,17). The molecule has 2 unspecified atom stereocenters. The zero-order valence-electron chi connectivity index (χ0n) is 10.2. The highest BCUT2D eigenvalue weighted by Crippen LogP contribution is 2.21. The maximum absolute atomic E-state index is 9.93. The van der Waals surface area contributed by atoms with Crippen molar-refractivity contribution in [2.24, 2.45) is 0 Å². The molecule has 0 amide bonds. The molecule has 1 aliphatic rings. The van der Waals surface area contributed by atoms with Crippen LogP contribution in [0.3, 0.4) is 0 Å². The summed E-state index contributed by atoms with van der Waals surface area (Å²) in [6.07, 6.45) is 5.65. The highest BCUT2D eigenvalue weighted by atomic mass is 16.3. The van der Waals surface area contributed by atoms with Gasteiger partial charge in [-0.3, -0.25) is 0 Å². The topological polar surface area (TPSA) is 58.0 Å². The number of hydrogen-bond acceptors (Lipinski definition) is 4. The van der Waals surface area contributed by atoms with Gasteiger partial charge in [-0.1, -0.05) is 31.0 Å². The highest BCUT2D eigenvalue weighted by molar-refractivity contribution is 5.78. The first-order valence-corrected chi connectivity index (χ1v) is 6.49. The fraction of sp³-hybridized carbons (Fsp3) is 0.429. The smallest absolute Gasteiger partial charge is 0.223 e. The Morgan fingerprint density at radius 2 is 2.00 bits per heavy atom. The fourth-order valence-electron chi connectivity index (χ4n) is 2.49. The molecule has 2 aromatic rings. The fourth-order valence-corrected chi connectivity index (χ4v) is 2.49. The lowest BCUT2D eigenvalue weighted by Gasteiger charge is -2.28. The minimum Gasteiger partial charge on any atom is -0.391 e. The molecule has 1 aromatic carbocycles. The molecule has 0 spiro atoms. The molecule has 1 heterocycles. The van der Waals surface area contributed by atoms with Crippen molar-refractivity contribution in [3.8, 4) is 0 Å². The quantitative estimate of drug-likeness (QED) is 0.850. The van der Waals surface area contributed by atoms with Gasteiger partial charge in [-0.15, -0.1) is 0 Å². The zero-order valence-corrected chi connectivity index (χ0v) is 10.2. The van der Waals surface area contributed by atoms with Crippen LogP contribution < -0.4 is 5.32 Å². The van der Waals surface area contributed by atoms with Crippen LogP contribution in [0.1, 0.15) is 25.7 Å². The van der Waals surface area contributed by atoms with Gasteiger partial charge < -0.3 is 10.4 Å². The first kappa shape index (κ1) is 11.4. The molecule has 18 heavy (non-hydrogen) atoms. The summed E-state index contributed by atoms with van der Waals surface area (Å²) < 4.78 is 0. The lowest BCUT2D eigenvalue weighted by Crippen LogP contribution is -2.36. The Morgan fingerprint density at radius 1 is 1.17 bits per heavy atom. The lowest BCUT2D eigenvalue weighted by molar-refractivity contribution is 0.116. The molecule has 3 rings (SSSR count). The molecular formula is C14H17N3O. The number of hydrogen-bond donors (Lipinski definition) is 2. The maximum Gasteiger partial charge on any atom is 0.223 e. The van der Waals surface area contributed by atoms with Crippen molar-refractivity contribution in [3.05, 3.63) is 30.5 Å². The Bertz CT molecular complexity index is 543. The van der Waals surface area contributed by atoms with Gasteiger partial charge in [0, 0.05) is 11.6 Å². The number of aliphatic hydroxyl groups excluding tert-OH is 1. The molecule has 4 nitrogen and oxygen atoms in total. The van der Waals surface area contributed by atoms with Crippen LogP contribution in [0.4, 0.5) is 5.95 Å². The van der Waals surface area contributed by atoms with Crippen molar-refractivity contribution < 1.29 is 5.11 Å². The summed E-state index contributed by atoms with van der Waals surface area (Å²) in [4.78, 5) is 8.77. The summed E-state index contributed by atoms with van der Waals surface area (Å²) >= 11 is 0. The third kappa shape index (κ3) is 2.29. The minimum absolute atomic E-state index is 0.0833. The Hall–Kier alpha value is -1.68. The number of nitrogens with one attached hydrogen (secondary N) is 1. The maximum atomic E-state index is 9.93. The summed E-state index contributed by atoms with van der Waals surface area (Å²) in [5.74, 6) is 0.611. The second kappa shape index (κ2) is 4.90. The monoisotopic (exact) mass is 243 g/mol. The van der Waals surface area contributed by atoms with E-state index in [0.717, 1.165) is 36.6 Å². The average Bonchev–Trinajstić information content (AvgIpc) is 2.41. The van der Waals surface area contributed by atoms with Crippen LogP contribution in [0.2, 0.25) is 0 Å². The number of aliphatic hydroxyl groups is 1. The van der Waals surface area contributed by atoms with E-state index in [1.807, 2.05) is 30.5 Å².